The Bertz CT molecular complexity index is 855. The van der Waals surface area contributed by atoms with E-state index in [4.69, 9.17) is 16.0 Å². The van der Waals surface area contributed by atoms with E-state index < -0.39 is 0 Å². The molecular weight excluding hydrogens is 300 g/mol. The monoisotopic (exact) mass is 314 g/mol. The highest BCUT2D eigenvalue weighted by Gasteiger charge is 2.17. The van der Waals surface area contributed by atoms with Crippen molar-refractivity contribution in [3.63, 3.8) is 0 Å². The molecule has 0 aliphatic rings. The van der Waals surface area contributed by atoms with E-state index in [0.717, 1.165) is 22.3 Å². The van der Waals surface area contributed by atoms with Crippen molar-refractivity contribution in [1.29, 1.82) is 0 Å². The quantitative estimate of drug-likeness (QED) is 0.794. The summed E-state index contributed by atoms with van der Waals surface area (Å²) in [7, 11) is 0. The maximum Gasteiger partial charge on any atom is 0.287 e. The zero-order valence-electron chi connectivity index (χ0n) is 12.3. The first kappa shape index (κ1) is 14.6. The van der Waals surface area contributed by atoms with Gasteiger partial charge in [0.15, 0.2) is 5.76 Å². The highest BCUT2D eigenvalue weighted by Crippen LogP contribution is 2.27. The number of carbonyl (C=O) groups excluding carboxylic acids is 1. The van der Waals surface area contributed by atoms with Gasteiger partial charge < -0.3 is 9.73 Å². The number of benzene rings is 1. The van der Waals surface area contributed by atoms with Gasteiger partial charge in [-0.2, -0.15) is 0 Å². The molecule has 0 atom stereocenters. The molecule has 2 heterocycles. The molecule has 0 aliphatic carbocycles. The number of nitrogens with one attached hydrogen (secondary N) is 1. The van der Waals surface area contributed by atoms with Crippen molar-refractivity contribution in [3.8, 4) is 0 Å². The summed E-state index contributed by atoms with van der Waals surface area (Å²) in [4.78, 5) is 16.7. The first-order valence-corrected chi connectivity index (χ1v) is 7.32. The molecule has 112 valence electrons. The molecule has 3 rings (SSSR count). The predicted molar refractivity (Wildman–Crippen MR) is 86.1 cm³/mol. The van der Waals surface area contributed by atoms with Crippen LogP contribution in [0, 0.1) is 13.8 Å². The highest BCUT2D eigenvalue weighted by molar-refractivity contribution is 6.31. The number of aryl methyl sites for hydroxylation is 2. The van der Waals surface area contributed by atoms with Gasteiger partial charge in [0.25, 0.3) is 5.91 Å². The van der Waals surface area contributed by atoms with Gasteiger partial charge in [0.2, 0.25) is 0 Å². The van der Waals surface area contributed by atoms with Gasteiger partial charge in [-0.1, -0.05) is 17.7 Å². The van der Waals surface area contributed by atoms with E-state index in [9.17, 15) is 4.79 Å². The molecule has 4 nitrogen and oxygen atoms in total. The second-order valence-corrected chi connectivity index (χ2v) is 5.59. The van der Waals surface area contributed by atoms with Crippen LogP contribution in [0.25, 0.3) is 11.0 Å². The number of aromatic nitrogens is 1. The van der Waals surface area contributed by atoms with E-state index in [1.54, 1.807) is 18.2 Å². The fraction of sp³-hybridized carbons (Fsp3) is 0.176. The van der Waals surface area contributed by atoms with Gasteiger partial charge in [0.1, 0.15) is 5.58 Å². The van der Waals surface area contributed by atoms with Crippen molar-refractivity contribution >= 4 is 28.5 Å². The van der Waals surface area contributed by atoms with Crippen molar-refractivity contribution < 1.29 is 9.21 Å². The first-order valence-electron chi connectivity index (χ1n) is 6.94. The number of halogens is 1. The van der Waals surface area contributed by atoms with Gasteiger partial charge in [0, 0.05) is 21.7 Å². The molecule has 0 spiro atoms. The smallest absolute Gasteiger partial charge is 0.287 e. The van der Waals surface area contributed by atoms with Crippen LogP contribution in [0.2, 0.25) is 5.02 Å². The lowest BCUT2D eigenvalue weighted by Gasteiger charge is -2.04. The van der Waals surface area contributed by atoms with Crippen LogP contribution in [0.4, 0.5) is 0 Å². The van der Waals surface area contributed by atoms with Crippen LogP contribution in [0.1, 0.15) is 27.5 Å². The highest BCUT2D eigenvalue weighted by atomic mass is 35.5. The molecular formula is C17H15ClN2O2. The molecule has 3 aromatic rings. The summed E-state index contributed by atoms with van der Waals surface area (Å²) in [6.45, 7) is 4.12. The maximum absolute atomic E-state index is 12.3. The summed E-state index contributed by atoms with van der Waals surface area (Å²) in [6, 6.07) is 11.0. The second kappa shape index (κ2) is 5.81. The average Bonchev–Trinajstić information content (AvgIpc) is 2.82. The van der Waals surface area contributed by atoms with E-state index in [0.29, 0.717) is 22.9 Å². The van der Waals surface area contributed by atoms with Crippen molar-refractivity contribution in [1.82, 2.24) is 10.3 Å². The molecule has 0 fully saturated rings. The summed E-state index contributed by atoms with van der Waals surface area (Å²) in [5, 5.41) is 4.30. The number of rotatable bonds is 3. The summed E-state index contributed by atoms with van der Waals surface area (Å²) < 4.78 is 5.64. The first-order chi connectivity index (χ1) is 10.5. The van der Waals surface area contributed by atoms with Crippen LogP contribution >= 0.6 is 11.6 Å². The minimum Gasteiger partial charge on any atom is -0.451 e. The van der Waals surface area contributed by atoms with E-state index >= 15 is 0 Å². The number of hydrogen-bond acceptors (Lipinski definition) is 3. The van der Waals surface area contributed by atoms with Crippen LogP contribution in [0.3, 0.4) is 0 Å². The minimum absolute atomic E-state index is 0.256. The molecule has 2 aromatic heterocycles. The molecule has 0 radical (unpaired) electrons. The van der Waals surface area contributed by atoms with Crippen LogP contribution in [0.15, 0.2) is 40.8 Å². The van der Waals surface area contributed by atoms with Gasteiger partial charge in [-0.05, 0) is 44.2 Å². The average molecular weight is 315 g/mol. The molecule has 0 saturated heterocycles. The lowest BCUT2D eigenvalue weighted by atomic mass is 10.1. The maximum atomic E-state index is 12.3. The SMILES string of the molecule is Cc1cccc(CNC(=O)c2oc3ccc(Cl)cc3c2C)n1. The predicted octanol–water partition coefficient (Wildman–Crippen LogP) is 4.03. The number of furan rings is 1. The third-order valence-corrected chi connectivity index (χ3v) is 3.72. The number of pyridine rings is 1. The zero-order valence-corrected chi connectivity index (χ0v) is 13.1. The topological polar surface area (TPSA) is 55.1 Å². The molecule has 0 aliphatic heterocycles. The molecule has 1 aromatic carbocycles. The van der Waals surface area contributed by atoms with Gasteiger partial charge in [-0.15, -0.1) is 0 Å². The third-order valence-electron chi connectivity index (χ3n) is 3.48. The molecule has 0 unspecified atom stereocenters. The lowest BCUT2D eigenvalue weighted by Crippen LogP contribution is -2.23. The number of nitrogens with zero attached hydrogens (tertiary/aromatic N) is 1. The molecule has 1 N–H and O–H groups in total. The molecule has 0 bridgehead atoms. The van der Waals surface area contributed by atoms with E-state index in [1.165, 1.54) is 0 Å². The Morgan fingerprint density at radius 3 is 2.86 bits per heavy atom. The Morgan fingerprint density at radius 1 is 1.27 bits per heavy atom. The minimum atomic E-state index is -0.256. The van der Waals surface area contributed by atoms with Crippen LogP contribution in [0.5, 0.6) is 0 Å². The summed E-state index contributed by atoms with van der Waals surface area (Å²) in [6.07, 6.45) is 0. The van der Waals surface area contributed by atoms with Crippen LogP contribution in [-0.2, 0) is 6.54 Å². The zero-order chi connectivity index (χ0) is 15.7. The lowest BCUT2D eigenvalue weighted by molar-refractivity contribution is 0.0924. The molecule has 22 heavy (non-hydrogen) atoms. The van der Waals surface area contributed by atoms with Gasteiger partial charge >= 0.3 is 0 Å². The van der Waals surface area contributed by atoms with E-state index in [2.05, 4.69) is 10.3 Å². The van der Waals surface area contributed by atoms with E-state index in [1.807, 2.05) is 32.0 Å². The molecule has 5 heteroatoms. The standard InChI is InChI=1S/C17H15ClN2O2/c1-10-4-3-5-13(20-10)9-19-17(21)16-11(2)14-8-12(18)6-7-15(14)22-16/h3-8H,9H2,1-2H3,(H,19,21). The van der Waals surface area contributed by atoms with Gasteiger partial charge in [0.05, 0.1) is 12.2 Å². The van der Waals surface area contributed by atoms with Crippen molar-refractivity contribution in [2.75, 3.05) is 0 Å². The summed E-state index contributed by atoms with van der Waals surface area (Å²) in [5.41, 5.74) is 3.17. The normalized spacial score (nSPS) is 10.9. The Morgan fingerprint density at radius 2 is 2.09 bits per heavy atom. The van der Waals surface area contributed by atoms with Crippen molar-refractivity contribution in [3.05, 3.63) is 64.1 Å². The molecule has 0 saturated carbocycles. The fourth-order valence-electron chi connectivity index (χ4n) is 2.36. The summed E-state index contributed by atoms with van der Waals surface area (Å²) >= 11 is 5.99. The van der Waals surface area contributed by atoms with Gasteiger partial charge in [-0.25, -0.2) is 0 Å². The molecule has 1 amide bonds. The Labute approximate surface area is 133 Å². The third kappa shape index (κ3) is 2.83. The second-order valence-electron chi connectivity index (χ2n) is 5.15. The van der Waals surface area contributed by atoms with Gasteiger partial charge in [-0.3, -0.25) is 9.78 Å². The number of amides is 1. The van der Waals surface area contributed by atoms with Crippen LogP contribution < -0.4 is 5.32 Å². The van der Waals surface area contributed by atoms with E-state index in [-0.39, 0.29) is 5.91 Å². The van der Waals surface area contributed by atoms with Crippen LogP contribution in [-0.4, -0.2) is 10.9 Å². The Kier molecular flexibility index (Phi) is 3.86. The number of hydrogen-bond donors (Lipinski definition) is 1. The largest absolute Gasteiger partial charge is 0.451 e. The fourth-order valence-corrected chi connectivity index (χ4v) is 2.53. The Balaban J connectivity index is 1.82. The Hall–Kier alpha value is -2.33. The number of carbonyl (C=O) groups is 1. The van der Waals surface area contributed by atoms with Crippen molar-refractivity contribution in [2.45, 2.75) is 20.4 Å². The van der Waals surface area contributed by atoms with Crippen molar-refractivity contribution in [2.24, 2.45) is 0 Å². The summed E-state index contributed by atoms with van der Waals surface area (Å²) in [5.74, 6) is 0.0537. The number of fused-ring (bicyclic) bond motifs is 1.